The fraction of sp³-hybridized carbons (Fsp3) is 0.647. The van der Waals surface area contributed by atoms with Crippen LogP contribution in [0, 0.1) is 12.3 Å². The average Bonchev–Trinajstić information content (AvgIpc) is 2.16. The van der Waals surface area contributed by atoms with Crippen molar-refractivity contribution in [2.75, 3.05) is 0 Å². The number of hydrogen-bond acceptors (Lipinski definition) is 0. The van der Waals surface area contributed by atoms with Crippen LogP contribution in [-0.2, 0) is 11.8 Å². The second kappa shape index (κ2) is 4.15. The van der Waals surface area contributed by atoms with Crippen molar-refractivity contribution >= 4 is 0 Å². The molecule has 0 bridgehead atoms. The summed E-state index contributed by atoms with van der Waals surface area (Å²) in [6.45, 7) is 11.9. The first-order chi connectivity index (χ1) is 7.82. The van der Waals surface area contributed by atoms with Crippen molar-refractivity contribution in [1.29, 1.82) is 0 Å². The van der Waals surface area contributed by atoms with Crippen molar-refractivity contribution in [2.45, 2.75) is 65.7 Å². The maximum absolute atomic E-state index is 2.43. The van der Waals surface area contributed by atoms with Gasteiger partial charge < -0.3 is 0 Å². The fourth-order valence-electron chi connectivity index (χ4n) is 3.79. The zero-order valence-corrected chi connectivity index (χ0v) is 12.1. The predicted octanol–water partition coefficient (Wildman–Crippen LogP) is 5.03. The largest absolute Gasteiger partial charge is 0.0617 e. The van der Waals surface area contributed by atoms with E-state index in [9.17, 15) is 0 Å². The number of fused-ring (bicyclic) bond motifs is 1. The normalized spacial score (nSPS) is 22.4. The van der Waals surface area contributed by atoms with Gasteiger partial charge in [0.15, 0.2) is 0 Å². The van der Waals surface area contributed by atoms with E-state index in [2.05, 4.69) is 52.8 Å². The Labute approximate surface area is 106 Å². The van der Waals surface area contributed by atoms with Gasteiger partial charge in [-0.15, -0.1) is 0 Å². The molecule has 1 aromatic carbocycles. The minimum atomic E-state index is 0.311. The molecule has 0 aromatic heterocycles. The topological polar surface area (TPSA) is 0 Å². The molecule has 0 unspecified atom stereocenters. The van der Waals surface area contributed by atoms with Gasteiger partial charge in [0.25, 0.3) is 0 Å². The minimum Gasteiger partial charge on any atom is -0.0617 e. The third-order valence-corrected chi connectivity index (χ3v) is 4.34. The van der Waals surface area contributed by atoms with Crippen molar-refractivity contribution in [2.24, 2.45) is 5.41 Å². The molecule has 0 spiro atoms. The fourth-order valence-corrected chi connectivity index (χ4v) is 3.79. The maximum atomic E-state index is 2.43. The quantitative estimate of drug-likeness (QED) is 0.586. The van der Waals surface area contributed by atoms with Gasteiger partial charge in [0, 0.05) is 0 Å². The molecule has 1 aliphatic carbocycles. The van der Waals surface area contributed by atoms with Crippen molar-refractivity contribution in [3.05, 3.63) is 34.9 Å². The summed E-state index contributed by atoms with van der Waals surface area (Å²) >= 11 is 0. The molecule has 0 nitrogen and oxygen atoms in total. The number of aryl methyl sites for hydroxylation is 1. The Morgan fingerprint density at radius 2 is 1.76 bits per heavy atom. The van der Waals surface area contributed by atoms with Crippen LogP contribution in [0.15, 0.2) is 18.2 Å². The molecule has 0 fully saturated rings. The first kappa shape index (κ1) is 12.7. The Morgan fingerprint density at radius 3 is 2.47 bits per heavy atom. The lowest BCUT2D eigenvalue weighted by atomic mass is 9.66. The summed E-state index contributed by atoms with van der Waals surface area (Å²) in [5, 5.41) is 0. The molecular weight excluding hydrogens is 204 g/mol. The molecule has 2 rings (SSSR count). The summed E-state index contributed by atoms with van der Waals surface area (Å²) in [6.07, 6.45) is 5.23. The van der Waals surface area contributed by atoms with Crippen LogP contribution >= 0.6 is 0 Å². The zero-order valence-electron chi connectivity index (χ0n) is 12.1. The Morgan fingerprint density at radius 1 is 1.06 bits per heavy atom. The Bertz CT molecular complexity index is 410. The molecule has 0 N–H and O–H groups in total. The molecule has 0 heterocycles. The molecule has 1 aromatic rings. The van der Waals surface area contributed by atoms with Crippen LogP contribution in [0.4, 0.5) is 0 Å². The van der Waals surface area contributed by atoms with Gasteiger partial charge in [-0.1, -0.05) is 45.9 Å². The average molecular weight is 230 g/mol. The smallest absolute Gasteiger partial charge is 0.00957 e. The van der Waals surface area contributed by atoms with E-state index < -0.39 is 0 Å². The van der Waals surface area contributed by atoms with Crippen molar-refractivity contribution < 1.29 is 0 Å². The van der Waals surface area contributed by atoms with E-state index in [0.29, 0.717) is 10.8 Å². The SMILES string of the molecule is Cc1cccc2c1CCCC(C)(C)CC2(C)C. The first-order valence-electron chi connectivity index (χ1n) is 6.91. The van der Waals surface area contributed by atoms with Crippen LogP contribution < -0.4 is 0 Å². The van der Waals surface area contributed by atoms with Crippen LogP contribution in [0.5, 0.6) is 0 Å². The number of benzene rings is 1. The van der Waals surface area contributed by atoms with Crippen LogP contribution in [0.25, 0.3) is 0 Å². The number of rotatable bonds is 0. The molecule has 94 valence electrons. The van der Waals surface area contributed by atoms with E-state index in [0.717, 1.165) is 0 Å². The summed E-state index contributed by atoms with van der Waals surface area (Å²) in [7, 11) is 0. The Kier molecular flexibility index (Phi) is 3.10. The minimum absolute atomic E-state index is 0.311. The highest BCUT2D eigenvalue weighted by Gasteiger charge is 2.33. The summed E-state index contributed by atoms with van der Waals surface area (Å²) < 4.78 is 0. The van der Waals surface area contributed by atoms with E-state index in [1.807, 2.05) is 0 Å². The van der Waals surface area contributed by atoms with Crippen LogP contribution in [0.3, 0.4) is 0 Å². The monoisotopic (exact) mass is 230 g/mol. The molecule has 0 heteroatoms. The van der Waals surface area contributed by atoms with Crippen LogP contribution in [0.2, 0.25) is 0 Å². The third kappa shape index (κ3) is 2.56. The van der Waals surface area contributed by atoms with E-state index in [1.54, 1.807) is 11.1 Å². The molecule has 0 aliphatic heterocycles. The number of hydrogen-bond donors (Lipinski definition) is 0. The second-order valence-corrected chi connectivity index (χ2v) is 7.18. The van der Waals surface area contributed by atoms with Gasteiger partial charge in [-0.2, -0.15) is 0 Å². The van der Waals surface area contributed by atoms with E-state index in [-0.39, 0.29) is 0 Å². The molecular formula is C17H26. The third-order valence-electron chi connectivity index (χ3n) is 4.34. The lowest BCUT2D eigenvalue weighted by molar-refractivity contribution is 0.226. The highest BCUT2D eigenvalue weighted by molar-refractivity contribution is 5.39. The molecule has 0 radical (unpaired) electrons. The molecule has 0 amide bonds. The van der Waals surface area contributed by atoms with Gasteiger partial charge in [0.1, 0.15) is 0 Å². The molecule has 1 aliphatic rings. The maximum Gasteiger partial charge on any atom is -0.00957 e. The van der Waals surface area contributed by atoms with Crippen molar-refractivity contribution in [3.8, 4) is 0 Å². The Hall–Kier alpha value is -0.780. The summed E-state index contributed by atoms with van der Waals surface area (Å²) in [4.78, 5) is 0. The molecule has 17 heavy (non-hydrogen) atoms. The van der Waals surface area contributed by atoms with Crippen LogP contribution in [-0.4, -0.2) is 0 Å². The summed E-state index contributed by atoms with van der Waals surface area (Å²) in [5.41, 5.74) is 5.48. The zero-order chi connectivity index (χ0) is 12.7. The molecule has 0 atom stereocenters. The molecule has 0 saturated carbocycles. The van der Waals surface area contributed by atoms with Gasteiger partial charge in [-0.05, 0) is 60.1 Å². The highest BCUT2D eigenvalue weighted by Crippen LogP contribution is 2.43. The van der Waals surface area contributed by atoms with E-state index >= 15 is 0 Å². The second-order valence-electron chi connectivity index (χ2n) is 7.18. The van der Waals surface area contributed by atoms with Crippen molar-refractivity contribution in [3.63, 3.8) is 0 Å². The summed E-state index contributed by atoms with van der Waals surface area (Å²) in [6, 6.07) is 6.84. The standard InChI is InChI=1S/C17H26/c1-13-8-6-10-15-14(13)9-7-11-16(2,3)12-17(15,4)5/h6,8,10H,7,9,11-12H2,1-5H3. The van der Waals surface area contributed by atoms with Gasteiger partial charge in [-0.25, -0.2) is 0 Å². The van der Waals surface area contributed by atoms with Crippen molar-refractivity contribution in [1.82, 2.24) is 0 Å². The van der Waals surface area contributed by atoms with Gasteiger partial charge >= 0.3 is 0 Å². The molecule has 0 saturated heterocycles. The first-order valence-corrected chi connectivity index (χ1v) is 6.91. The van der Waals surface area contributed by atoms with Crippen LogP contribution in [0.1, 0.15) is 63.6 Å². The lowest BCUT2D eigenvalue weighted by Crippen LogP contribution is -2.30. The predicted molar refractivity (Wildman–Crippen MR) is 75.5 cm³/mol. The van der Waals surface area contributed by atoms with Gasteiger partial charge in [0.2, 0.25) is 0 Å². The summed E-state index contributed by atoms with van der Waals surface area (Å²) in [5.74, 6) is 0. The van der Waals surface area contributed by atoms with E-state index in [1.165, 1.54) is 31.2 Å². The Balaban J connectivity index is 2.50. The van der Waals surface area contributed by atoms with E-state index in [4.69, 9.17) is 0 Å². The van der Waals surface area contributed by atoms with Gasteiger partial charge in [-0.3, -0.25) is 0 Å². The lowest BCUT2D eigenvalue weighted by Gasteiger charge is -2.39. The van der Waals surface area contributed by atoms with Gasteiger partial charge in [0.05, 0.1) is 0 Å². The highest BCUT2D eigenvalue weighted by atomic mass is 14.4.